The van der Waals surface area contributed by atoms with Crippen LogP contribution >= 0.6 is 0 Å². The standard InChI is InChI=1S/C18H20F3N3O5/c1-9(11-4-5-11)24(7-18(19,20)21)12(25)6-28-17(27)13-10(2)29-15-14(13)16(26)23(3)8-22-15/h8-9,11H,4-7H2,1-3H3. The van der Waals surface area contributed by atoms with Gasteiger partial charge in [0.15, 0.2) is 6.61 Å². The highest BCUT2D eigenvalue weighted by Crippen LogP contribution is 2.36. The predicted octanol–water partition coefficient (Wildman–Crippen LogP) is 2.18. The molecule has 11 heteroatoms. The number of ether oxygens (including phenoxy) is 1. The van der Waals surface area contributed by atoms with Crippen LogP contribution in [0.5, 0.6) is 0 Å². The zero-order valence-electron chi connectivity index (χ0n) is 16.1. The Bertz CT molecular complexity index is 1010. The van der Waals surface area contributed by atoms with Crippen molar-refractivity contribution in [3.63, 3.8) is 0 Å². The monoisotopic (exact) mass is 415 g/mol. The highest BCUT2D eigenvalue weighted by atomic mass is 19.4. The van der Waals surface area contributed by atoms with Gasteiger partial charge in [-0.2, -0.15) is 13.2 Å². The van der Waals surface area contributed by atoms with E-state index in [2.05, 4.69) is 4.98 Å². The highest BCUT2D eigenvalue weighted by molar-refractivity contribution is 6.03. The fraction of sp³-hybridized carbons (Fsp3) is 0.556. The normalized spacial score (nSPS) is 15.4. The smallest absolute Gasteiger partial charge is 0.406 e. The highest BCUT2D eigenvalue weighted by Gasteiger charge is 2.40. The van der Waals surface area contributed by atoms with E-state index in [1.807, 2.05) is 0 Å². The zero-order valence-corrected chi connectivity index (χ0v) is 16.1. The Morgan fingerprint density at radius 3 is 2.66 bits per heavy atom. The summed E-state index contributed by atoms with van der Waals surface area (Å²) in [7, 11) is 1.43. The Balaban J connectivity index is 1.78. The molecule has 2 aromatic rings. The molecule has 1 fully saturated rings. The first-order valence-electron chi connectivity index (χ1n) is 8.97. The van der Waals surface area contributed by atoms with Crippen LogP contribution in [-0.4, -0.2) is 51.7 Å². The summed E-state index contributed by atoms with van der Waals surface area (Å²) >= 11 is 0. The lowest BCUT2D eigenvalue weighted by molar-refractivity contribution is -0.167. The largest absolute Gasteiger partial charge is 0.452 e. The van der Waals surface area contributed by atoms with Crippen LogP contribution in [0.3, 0.4) is 0 Å². The molecule has 158 valence electrons. The van der Waals surface area contributed by atoms with Crippen molar-refractivity contribution in [3.05, 3.63) is 28.0 Å². The van der Waals surface area contributed by atoms with Crippen LogP contribution in [0.2, 0.25) is 0 Å². The third kappa shape index (κ3) is 4.43. The van der Waals surface area contributed by atoms with E-state index in [0.717, 1.165) is 17.4 Å². The molecule has 0 radical (unpaired) electrons. The van der Waals surface area contributed by atoms with Crippen LogP contribution in [0, 0.1) is 12.8 Å². The second-order valence-corrected chi connectivity index (χ2v) is 7.17. The molecule has 2 aromatic heterocycles. The van der Waals surface area contributed by atoms with Crippen LogP contribution < -0.4 is 5.56 Å². The Morgan fingerprint density at radius 2 is 2.07 bits per heavy atom. The summed E-state index contributed by atoms with van der Waals surface area (Å²) in [5.74, 6) is -1.92. The van der Waals surface area contributed by atoms with Crippen molar-refractivity contribution in [2.75, 3.05) is 13.2 Å². The van der Waals surface area contributed by atoms with Crippen molar-refractivity contribution in [1.82, 2.24) is 14.5 Å². The third-order valence-corrected chi connectivity index (χ3v) is 4.94. The Kier molecular flexibility index (Phi) is 5.42. The first-order valence-corrected chi connectivity index (χ1v) is 8.97. The van der Waals surface area contributed by atoms with Crippen molar-refractivity contribution in [2.24, 2.45) is 13.0 Å². The second kappa shape index (κ2) is 7.53. The van der Waals surface area contributed by atoms with Crippen molar-refractivity contribution in [3.8, 4) is 0 Å². The first-order chi connectivity index (χ1) is 13.5. The van der Waals surface area contributed by atoms with Crippen LogP contribution in [-0.2, 0) is 16.6 Å². The number of rotatable bonds is 6. The quantitative estimate of drug-likeness (QED) is 0.672. The number of aryl methyl sites for hydroxylation is 2. The molecule has 8 nitrogen and oxygen atoms in total. The van der Waals surface area contributed by atoms with Crippen LogP contribution in [0.25, 0.3) is 11.1 Å². The minimum Gasteiger partial charge on any atom is -0.452 e. The van der Waals surface area contributed by atoms with E-state index in [-0.39, 0.29) is 28.3 Å². The molecule has 1 amide bonds. The van der Waals surface area contributed by atoms with E-state index in [4.69, 9.17) is 9.15 Å². The third-order valence-electron chi connectivity index (χ3n) is 4.94. The Morgan fingerprint density at radius 1 is 1.41 bits per heavy atom. The molecule has 1 aliphatic carbocycles. The summed E-state index contributed by atoms with van der Waals surface area (Å²) in [6.07, 6.45) is -1.85. The number of nitrogens with zero attached hydrogens (tertiary/aromatic N) is 3. The van der Waals surface area contributed by atoms with Crippen molar-refractivity contribution >= 4 is 23.0 Å². The van der Waals surface area contributed by atoms with Crippen molar-refractivity contribution in [1.29, 1.82) is 0 Å². The van der Waals surface area contributed by atoms with Gasteiger partial charge in [0.2, 0.25) is 5.71 Å². The summed E-state index contributed by atoms with van der Waals surface area (Å²) < 4.78 is 50.0. The summed E-state index contributed by atoms with van der Waals surface area (Å²) in [4.78, 5) is 41.8. The number of halogens is 3. The molecule has 0 aliphatic heterocycles. The number of hydrogen-bond donors (Lipinski definition) is 0. The molecule has 0 saturated heterocycles. The van der Waals surface area contributed by atoms with Gasteiger partial charge in [-0.1, -0.05) is 0 Å². The molecular formula is C18H20F3N3O5. The molecular weight excluding hydrogens is 395 g/mol. The van der Waals surface area contributed by atoms with Crippen LogP contribution in [0.1, 0.15) is 35.9 Å². The van der Waals surface area contributed by atoms with Gasteiger partial charge < -0.3 is 18.6 Å². The minimum absolute atomic E-state index is 0.00570. The van der Waals surface area contributed by atoms with Crippen molar-refractivity contribution < 1.29 is 31.9 Å². The van der Waals surface area contributed by atoms with E-state index < -0.39 is 42.8 Å². The minimum atomic E-state index is -4.57. The number of carbonyl (C=O) groups excluding carboxylic acids is 2. The summed E-state index contributed by atoms with van der Waals surface area (Å²) in [6, 6.07) is -0.615. The maximum atomic E-state index is 12.9. The lowest BCUT2D eigenvalue weighted by Gasteiger charge is -2.30. The molecule has 1 aliphatic rings. The summed E-state index contributed by atoms with van der Waals surface area (Å²) in [5, 5.41) is -0.108. The van der Waals surface area contributed by atoms with Crippen LogP contribution in [0.15, 0.2) is 15.5 Å². The SMILES string of the molecule is Cc1oc2ncn(C)c(=O)c2c1C(=O)OCC(=O)N(CC(F)(F)F)C(C)C1CC1. The molecule has 0 N–H and O–H groups in total. The Hall–Kier alpha value is -2.85. The zero-order chi connectivity index (χ0) is 21.5. The molecule has 0 bridgehead atoms. The van der Waals surface area contributed by atoms with Gasteiger partial charge in [-0.3, -0.25) is 9.59 Å². The molecule has 29 heavy (non-hydrogen) atoms. The molecule has 1 unspecified atom stereocenters. The maximum Gasteiger partial charge on any atom is 0.406 e. The average Bonchev–Trinajstić information content (AvgIpc) is 3.42. The van der Waals surface area contributed by atoms with E-state index in [1.165, 1.54) is 20.3 Å². The number of fused-ring (bicyclic) bond motifs is 1. The molecule has 1 saturated carbocycles. The number of hydrogen-bond acceptors (Lipinski definition) is 6. The Labute approximate surface area is 163 Å². The van der Waals surface area contributed by atoms with Gasteiger partial charge in [0.25, 0.3) is 11.5 Å². The lowest BCUT2D eigenvalue weighted by atomic mass is 10.1. The van der Waals surface area contributed by atoms with E-state index >= 15 is 0 Å². The topological polar surface area (TPSA) is 94.6 Å². The number of carbonyl (C=O) groups is 2. The van der Waals surface area contributed by atoms with E-state index in [0.29, 0.717) is 4.90 Å². The van der Waals surface area contributed by atoms with E-state index in [1.54, 1.807) is 6.92 Å². The molecule has 0 aromatic carbocycles. The molecule has 3 rings (SSSR count). The van der Waals surface area contributed by atoms with Gasteiger partial charge >= 0.3 is 12.1 Å². The van der Waals surface area contributed by atoms with Crippen LogP contribution in [0.4, 0.5) is 13.2 Å². The summed E-state index contributed by atoms with van der Waals surface area (Å²) in [5.41, 5.74) is -0.810. The maximum absolute atomic E-state index is 12.9. The number of amides is 1. The van der Waals surface area contributed by atoms with Gasteiger partial charge in [-0.05, 0) is 32.6 Å². The molecule has 1 atom stereocenters. The number of furan rings is 1. The lowest BCUT2D eigenvalue weighted by Crippen LogP contribution is -2.47. The fourth-order valence-electron chi connectivity index (χ4n) is 3.20. The number of alkyl halides is 3. The van der Waals surface area contributed by atoms with Crippen molar-refractivity contribution in [2.45, 2.75) is 38.9 Å². The predicted molar refractivity (Wildman–Crippen MR) is 94.2 cm³/mol. The molecule has 2 heterocycles. The average molecular weight is 415 g/mol. The first kappa shape index (κ1) is 20.9. The summed E-state index contributed by atoms with van der Waals surface area (Å²) in [6.45, 7) is 0.675. The van der Waals surface area contributed by atoms with E-state index in [9.17, 15) is 27.6 Å². The van der Waals surface area contributed by atoms with Gasteiger partial charge in [-0.25, -0.2) is 9.78 Å². The van der Waals surface area contributed by atoms with Gasteiger partial charge in [0.05, 0.1) is 0 Å². The fourth-order valence-corrected chi connectivity index (χ4v) is 3.20. The van der Waals surface area contributed by atoms with Gasteiger partial charge in [0, 0.05) is 13.1 Å². The second-order valence-electron chi connectivity index (χ2n) is 7.17. The number of aromatic nitrogens is 2. The van der Waals surface area contributed by atoms with Gasteiger partial charge in [0.1, 0.15) is 29.6 Å². The number of esters is 1. The molecule has 0 spiro atoms. The van der Waals surface area contributed by atoms with Gasteiger partial charge in [-0.15, -0.1) is 0 Å².